The lowest BCUT2D eigenvalue weighted by atomic mass is 9.82. The molecular weight excluding hydrogens is 198 g/mol. The van der Waals surface area contributed by atoms with E-state index in [1.165, 1.54) is 31.4 Å². The summed E-state index contributed by atoms with van der Waals surface area (Å²) >= 11 is 0. The predicted molar refractivity (Wildman–Crippen MR) is 66.2 cm³/mol. The molecule has 1 aromatic rings. The van der Waals surface area contributed by atoms with Crippen LogP contribution >= 0.6 is 0 Å². The van der Waals surface area contributed by atoms with Gasteiger partial charge in [-0.05, 0) is 38.1 Å². The average molecular weight is 221 g/mol. The van der Waals surface area contributed by atoms with Crippen LogP contribution in [0.25, 0.3) is 0 Å². The van der Waals surface area contributed by atoms with Gasteiger partial charge in [0.25, 0.3) is 0 Å². The van der Waals surface area contributed by atoms with Crippen molar-refractivity contribution < 1.29 is 0 Å². The molecule has 1 heterocycles. The fourth-order valence-electron chi connectivity index (χ4n) is 2.71. The fraction of sp³-hybridized carbons (Fsp3) is 0.769. The molecule has 0 radical (unpaired) electrons. The summed E-state index contributed by atoms with van der Waals surface area (Å²) in [4.78, 5) is 7.41. The first kappa shape index (κ1) is 11.6. The Hall–Kier alpha value is -0.830. The van der Waals surface area contributed by atoms with Crippen LogP contribution in [0.5, 0.6) is 0 Å². The van der Waals surface area contributed by atoms with Gasteiger partial charge in [-0.3, -0.25) is 0 Å². The Kier molecular flexibility index (Phi) is 3.99. The van der Waals surface area contributed by atoms with Gasteiger partial charge in [-0.15, -0.1) is 0 Å². The summed E-state index contributed by atoms with van der Waals surface area (Å²) in [5, 5.41) is 3.54. The smallest absolute Gasteiger partial charge is 0.0925 e. The van der Waals surface area contributed by atoms with Gasteiger partial charge in [-0.2, -0.15) is 0 Å². The van der Waals surface area contributed by atoms with E-state index in [0.29, 0.717) is 0 Å². The average Bonchev–Trinajstić information content (AvgIpc) is 2.65. The zero-order valence-electron chi connectivity index (χ0n) is 10.4. The summed E-state index contributed by atoms with van der Waals surface area (Å²) in [6, 6.07) is 0. The number of nitrogens with zero attached hydrogens (tertiary/aromatic N) is 1. The van der Waals surface area contributed by atoms with Crippen LogP contribution < -0.4 is 5.32 Å². The monoisotopic (exact) mass is 221 g/mol. The second kappa shape index (κ2) is 5.48. The maximum atomic E-state index is 4.30. The van der Waals surface area contributed by atoms with Crippen molar-refractivity contribution >= 4 is 0 Å². The van der Waals surface area contributed by atoms with Crippen molar-refractivity contribution in [3.05, 3.63) is 17.7 Å². The minimum absolute atomic E-state index is 0.878. The maximum absolute atomic E-state index is 4.30. The van der Waals surface area contributed by atoms with Crippen LogP contribution in [0.15, 0.2) is 6.33 Å². The third kappa shape index (κ3) is 3.08. The van der Waals surface area contributed by atoms with Gasteiger partial charge in [0.05, 0.1) is 12.0 Å². The molecule has 3 heteroatoms. The van der Waals surface area contributed by atoms with Crippen molar-refractivity contribution in [3.8, 4) is 0 Å². The molecule has 0 bridgehead atoms. The van der Waals surface area contributed by atoms with Crippen molar-refractivity contribution in [2.24, 2.45) is 11.8 Å². The topological polar surface area (TPSA) is 40.7 Å². The largest absolute Gasteiger partial charge is 0.348 e. The molecule has 3 nitrogen and oxygen atoms in total. The second-order valence-corrected chi connectivity index (χ2v) is 5.24. The molecule has 2 N–H and O–H groups in total. The highest BCUT2D eigenvalue weighted by Crippen LogP contribution is 2.27. The summed E-state index contributed by atoms with van der Waals surface area (Å²) in [7, 11) is 0. The number of H-pyrrole nitrogens is 1. The Bertz CT molecular complexity index is 319. The highest BCUT2D eigenvalue weighted by atomic mass is 14.9. The van der Waals surface area contributed by atoms with E-state index in [0.717, 1.165) is 30.6 Å². The lowest BCUT2D eigenvalue weighted by molar-refractivity contribution is 0.274. The molecule has 1 aliphatic rings. The zero-order valence-corrected chi connectivity index (χ0v) is 10.4. The van der Waals surface area contributed by atoms with E-state index in [-0.39, 0.29) is 0 Å². The summed E-state index contributed by atoms with van der Waals surface area (Å²) in [6.07, 6.45) is 7.41. The Labute approximate surface area is 98.1 Å². The predicted octanol–water partition coefficient (Wildman–Crippen LogP) is 2.63. The lowest BCUT2D eigenvalue weighted by Gasteiger charge is -2.26. The Balaban J connectivity index is 1.70. The molecule has 0 spiro atoms. The molecule has 1 fully saturated rings. The maximum Gasteiger partial charge on any atom is 0.0925 e. The van der Waals surface area contributed by atoms with Crippen LogP contribution in [0.1, 0.15) is 44.0 Å². The molecule has 16 heavy (non-hydrogen) atoms. The van der Waals surface area contributed by atoms with Crippen LogP contribution in [0.4, 0.5) is 0 Å². The van der Waals surface area contributed by atoms with E-state index < -0.39 is 0 Å². The minimum atomic E-state index is 0.878. The fourth-order valence-corrected chi connectivity index (χ4v) is 2.71. The number of aromatic nitrogens is 2. The minimum Gasteiger partial charge on any atom is -0.348 e. The second-order valence-electron chi connectivity index (χ2n) is 5.24. The van der Waals surface area contributed by atoms with Crippen LogP contribution in [-0.2, 0) is 6.54 Å². The highest BCUT2D eigenvalue weighted by Gasteiger charge is 2.18. The summed E-state index contributed by atoms with van der Waals surface area (Å²) < 4.78 is 0. The van der Waals surface area contributed by atoms with E-state index in [1.54, 1.807) is 6.33 Å². The first-order valence-corrected chi connectivity index (χ1v) is 6.45. The Morgan fingerprint density at radius 3 is 3.06 bits per heavy atom. The first-order valence-electron chi connectivity index (χ1n) is 6.45. The zero-order chi connectivity index (χ0) is 11.4. The summed E-state index contributed by atoms with van der Waals surface area (Å²) in [5.41, 5.74) is 2.34. The number of aromatic amines is 1. The van der Waals surface area contributed by atoms with Crippen molar-refractivity contribution in [3.63, 3.8) is 0 Å². The number of aryl methyl sites for hydroxylation is 1. The third-order valence-corrected chi connectivity index (χ3v) is 3.70. The van der Waals surface area contributed by atoms with Gasteiger partial charge < -0.3 is 10.3 Å². The normalized spacial score (nSPS) is 25.9. The Morgan fingerprint density at radius 2 is 2.38 bits per heavy atom. The summed E-state index contributed by atoms with van der Waals surface area (Å²) in [6.45, 7) is 6.51. The molecule has 90 valence electrons. The van der Waals surface area contributed by atoms with Crippen molar-refractivity contribution in [2.75, 3.05) is 6.54 Å². The van der Waals surface area contributed by atoms with E-state index in [1.807, 2.05) is 0 Å². The van der Waals surface area contributed by atoms with E-state index in [2.05, 4.69) is 29.1 Å². The van der Waals surface area contributed by atoms with Gasteiger partial charge in [0.2, 0.25) is 0 Å². The van der Waals surface area contributed by atoms with Crippen LogP contribution in [0.2, 0.25) is 0 Å². The van der Waals surface area contributed by atoms with Crippen LogP contribution in [0, 0.1) is 18.8 Å². The quantitative estimate of drug-likeness (QED) is 0.820. The molecule has 2 rings (SSSR count). The number of imidazole rings is 1. The Morgan fingerprint density at radius 1 is 1.50 bits per heavy atom. The molecule has 2 atom stereocenters. The third-order valence-electron chi connectivity index (χ3n) is 3.70. The molecule has 1 saturated carbocycles. The molecule has 2 unspecified atom stereocenters. The van der Waals surface area contributed by atoms with Crippen LogP contribution in [-0.4, -0.2) is 16.5 Å². The molecule has 1 aliphatic carbocycles. The SMILES string of the molecule is Cc1[nH]cnc1CNCC1CCCC(C)C1. The molecule has 0 aromatic carbocycles. The number of hydrogen-bond acceptors (Lipinski definition) is 2. The first-order chi connectivity index (χ1) is 7.75. The van der Waals surface area contributed by atoms with E-state index >= 15 is 0 Å². The number of rotatable bonds is 4. The van der Waals surface area contributed by atoms with Gasteiger partial charge in [-0.1, -0.05) is 19.8 Å². The standard InChI is InChI=1S/C13H23N3/c1-10-4-3-5-12(6-10)7-14-8-13-11(2)15-9-16-13/h9-10,12,14H,3-8H2,1-2H3,(H,15,16). The van der Waals surface area contributed by atoms with Crippen molar-refractivity contribution in [2.45, 2.75) is 46.1 Å². The van der Waals surface area contributed by atoms with Gasteiger partial charge in [0.15, 0.2) is 0 Å². The van der Waals surface area contributed by atoms with Gasteiger partial charge >= 0.3 is 0 Å². The van der Waals surface area contributed by atoms with Gasteiger partial charge in [-0.25, -0.2) is 4.98 Å². The molecule has 0 aliphatic heterocycles. The number of hydrogen-bond donors (Lipinski definition) is 2. The molecule has 1 aromatic heterocycles. The van der Waals surface area contributed by atoms with Crippen molar-refractivity contribution in [1.29, 1.82) is 0 Å². The van der Waals surface area contributed by atoms with Gasteiger partial charge in [0, 0.05) is 12.2 Å². The lowest BCUT2D eigenvalue weighted by Crippen LogP contribution is -2.26. The van der Waals surface area contributed by atoms with E-state index in [9.17, 15) is 0 Å². The highest BCUT2D eigenvalue weighted by molar-refractivity contribution is 5.07. The summed E-state index contributed by atoms with van der Waals surface area (Å²) in [5.74, 6) is 1.80. The molecule has 0 saturated heterocycles. The van der Waals surface area contributed by atoms with Gasteiger partial charge in [0.1, 0.15) is 0 Å². The number of nitrogens with one attached hydrogen (secondary N) is 2. The van der Waals surface area contributed by atoms with Crippen LogP contribution in [0.3, 0.4) is 0 Å². The molecular formula is C13H23N3. The van der Waals surface area contributed by atoms with Crippen molar-refractivity contribution in [1.82, 2.24) is 15.3 Å². The van der Waals surface area contributed by atoms with E-state index in [4.69, 9.17) is 0 Å². The molecule has 0 amide bonds.